The van der Waals surface area contributed by atoms with Crippen molar-refractivity contribution in [2.45, 2.75) is 19.7 Å². The summed E-state index contributed by atoms with van der Waals surface area (Å²) >= 11 is 0. The van der Waals surface area contributed by atoms with Crippen LogP contribution in [-0.2, 0) is 24.4 Å². The van der Waals surface area contributed by atoms with Crippen molar-refractivity contribution in [1.82, 2.24) is 20.4 Å². The van der Waals surface area contributed by atoms with Crippen molar-refractivity contribution in [1.29, 1.82) is 0 Å². The van der Waals surface area contributed by atoms with E-state index in [0.717, 1.165) is 0 Å². The van der Waals surface area contributed by atoms with Crippen LogP contribution in [-0.4, -0.2) is 22.2 Å². The van der Waals surface area contributed by atoms with Gasteiger partial charge < -0.3 is 19.6 Å². The molecule has 2 N–H and O–H groups in total. The number of benzene rings is 1. The van der Waals surface area contributed by atoms with Gasteiger partial charge in [-0.3, -0.25) is 4.79 Å². The Morgan fingerprint density at radius 3 is 3.09 bits per heavy atom. The summed E-state index contributed by atoms with van der Waals surface area (Å²) in [4.78, 5) is 19.0. The average molecular weight is 318 g/mol. The van der Waals surface area contributed by atoms with Crippen molar-refractivity contribution in [2.75, 3.05) is 7.11 Å². The van der Waals surface area contributed by atoms with E-state index in [1.165, 1.54) is 25.3 Å². The van der Waals surface area contributed by atoms with Gasteiger partial charge in [0, 0.05) is 30.8 Å². The minimum absolute atomic E-state index is 0.207. The summed E-state index contributed by atoms with van der Waals surface area (Å²) in [7, 11) is 1.54. The molecule has 0 spiro atoms. The largest absolute Gasteiger partial charge is 0.375 e. The highest BCUT2D eigenvalue weighted by molar-refractivity contribution is 5.78. The number of methoxy groups -OCH3 is 1. The monoisotopic (exact) mass is 318 g/mol. The Morgan fingerprint density at radius 2 is 2.26 bits per heavy atom. The lowest BCUT2D eigenvalue weighted by molar-refractivity contribution is 0.151. The maximum absolute atomic E-state index is 13.8. The van der Waals surface area contributed by atoms with Crippen molar-refractivity contribution in [3.63, 3.8) is 0 Å². The molecule has 8 heteroatoms. The van der Waals surface area contributed by atoms with Crippen LogP contribution < -0.4 is 10.7 Å². The van der Waals surface area contributed by atoms with Crippen LogP contribution in [0.15, 0.2) is 33.6 Å². The van der Waals surface area contributed by atoms with Crippen LogP contribution in [0.4, 0.5) is 4.39 Å². The number of aromatic nitrogens is 3. The number of H-pyrrole nitrogens is 1. The molecule has 7 nitrogen and oxygen atoms in total. The second-order valence-electron chi connectivity index (χ2n) is 4.96. The van der Waals surface area contributed by atoms with Crippen molar-refractivity contribution in [3.8, 4) is 0 Å². The number of rotatable bonds is 6. The molecule has 1 aromatic carbocycles. The fourth-order valence-corrected chi connectivity index (χ4v) is 2.24. The third-order valence-corrected chi connectivity index (χ3v) is 3.25. The van der Waals surface area contributed by atoms with E-state index < -0.39 is 5.82 Å². The Balaban J connectivity index is 1.69. The van der Waals surface area contributed by atoms with E-state index in [0.29, 0.717) is 35.9 Å². The molecule has 0 saturated heterocycles. The van der Waals surface area contributed by atoms with Crippen LogP contribution in [0.1, 0.15) is 17.4 Å². The van der Waals surface area contributed by atoms with Crippen LogP contribution in [0.3, 0.4) is 0 Å². The van der Waals surface area contributed by atoms with Gasteiger partial charge >= 0.3 is 0 Å². The molecule has 0 aliphatic heterocycles. The van der Waals surface area contributed by atoms with E-state index in [9.17, 15) is 9.18 Å². The van der Waals surface area contributed by atoms with Crippen molar-refractivity contribution in [3.05, 3.63) is 57.7 Å². The van der Waals surface area contributed by atoms with Crippen LogP contribution in [0, 0.1) is 5.82 Å². The molecule has 0 aliphatic rings. The zero-order valence-corrected chi connectivity index (χ0v) is 12.4. The molecule has 0 radical (unpaired) electrons. The van der Waals surface area contributed by atoms with Crippen LogP contribution in [0.25, 0.3) is 10.9 Å². The number of nitrogens with one attached hydrogen (secondary N) is 2. The summed E-state index contributed by atoms with van der Waals surface area (Å²) in [6.45, 7) is 0.947. The highest BCUT2D eigenvalue weighted by Crippen LogP contribution is 2.12. The van der Waals surface area contributed by atoms with E-state index >= 15 is 0 Å². The molecule has 0 bridgehead atoms. The van der Waals surface area contributed by atoms with Gasteiger partial charge in [-0.15, -0.1) is 0 Å². The molecule has 0 aliphatic carbocycles. The lowest BCUT2D eigenvalue weighted by atomic mass is 10.2. The number of ether oxygens (including phenoxy) is 1. The van der Waals surface area contributed by atoms with Crippen molar-refractivity contribution >= 4 is 10.9 Å². The minimum atomic E-state index is -0.455. The molecule has 0 unspecified atom stereocenters. The van der Waals surface area contributed by atoms with Crippen LogP contribution in [0.2, 0.25) is 0 Å². The Kier molecular flexibility index (Phi) is 4.45. The summed E-state index contributed by atoms with van der Waals surface area (Å²) in [5, 5.41) is 7.18. The quantitative estimate of drug-likeness (QED) is 0.715. The lowest BCUT2D eigenvalue weighted by Gasteiger charge is -2.05. The number of hydrogen-bond donors (Lipinski definition) is 2. The topological polar surface area (TPSA) is 93.0 Å². The number of hydrogen-bond acceptors (Lipinski definition) is 6. The van der Waals surface area contributed by atoms with Gasteiger partial charge in [0.1, 0.15) is 12.4 Å². The molecule has 2 heterocycles. The van der Waals surface area contributed by atoms with E-state index in [-0.39, 0.29) is 17.6 Å². The van der Waals surface area contributed by atoms with Gasteiger partial charge in [-0.25, -0.2) is 4.39 Å². The van der Waals surface area contributed by atoms with E-state index in [1.807, 2.05) is 0 Å². The van der Waals surface area contributed by atoms with E-state index in [1.54, 1.807) is 6.07 Å². The Bertz CT molecular complexity index is 875. The number of pyridine rings is 1. The molecular weight excluding hydrogens is 303 g/mol. The molecule has 0 saturated carbocycles. The summed E-state index contributed by atoms with van der Waals surface area (Å²) in [5.74, 6) is 0.417. The van der Waals surface area contributed by atoms with Crippen molar-refractivity contribution in [2.24, 2.45) is 0 Å². The average Bonchev–Trinajstić information content (AvgIpc) is 2.96. The number of fused-ring (bicyclic) bond motifs is 1. The molecule has 0 fully saturated rings. The van der Waals surface area contributed by atoms with E-state index in [4.69, 9.17) is 9.26 Å². The molecule has 23 heavy (non-hydrogen) atoms. The maximum Gasteiger partial charge on any atom is 0.252 e. The van der Waals surface area contributed by atoms with Crippen LogP contribution in [0.5, 0.6) is 0 Å². The Morgan fingerprint density at radius 1 is 1.39 bits per heavy atom. The first-order valence-corrected chi connectivity index (χ1v) is 6.99. The molecular formula is C15H15FN4O3. The third kappa shape index (κ3) is 3.43. The van der Waals surface area contributed by atoms with Crippen molar-refractivity contribution < 1.29 is 13.7 Å². The maximum atomic E-state index is 13.8. The van der Waals surface area contributed by atoms with Gasteiger partial charge in [-0.2, -0.15) is 4.98 Å². The first kappa shape index (κ1) is 15.3. The third-order valence-electron chi connectivity index (χ3n) is 3.25. The van der Waals surface area contributed by atoms with Gasteiger partial charge in [0.05, 0.1) is 12.1 Å². The summed E-state index contributed by atoms with van der Waals surface area (Å²) in [6.07, 6.45) is 0. The second kappa shape index (κ2) is 6.67. The summed E-state index contributed by atoms with van der Waals surface area (Å²) in [6, 6.07) is 5.86. The predicted molar refractivity (Wildman–Crippen MR) is 80.1 cm³/mol. The van der Waals surface area contributed by atoms with Gasteiger partial charge in [0.25, 0.3) is 5.89 Å². The molecule has 0 atom stereocenters. The zero-order valence-electron chi connectivity index (χ0n) is 12.4. The SMILES string of the molecule is COCc1nc(CNCc2cc(=O)c3cccc(F)c3[nH]2)no1. The van der Waals surface area contributed by atoms with Gasteiger partial charge in [0.2, 0.25) is 0 Å². The normalized spacial score (nSPS) is 11.2. The molecule has 0 amide bonds. The number of aromatic amines is 1. The van der Waals surface area contributed by atoms with Crippen LogP contribution >= 0.6 is 0 Å². The van der Waals surface area contributed by atoms with Gasteiger partial charge in [0.15, 0.2) is 11.3 Å². The molecule has 3 rings (SSSR count). The highest BCUT2D eigenvalue weighted by atomic mass is 19.1. The summed E-state index contributed by atoms with van der Waals surface area (Å²) in [5.41, 5.74) is 0.559. The zero-order chi connectivity index (χ0) is 16.2. The molecule has 3 aromatic rings. The summed E-state index contributed by atoms with van der Waals surface area (Å²) < 4.78 is 23.6. The number of para-hydroxylation sites is 1. The highest BCUT2D eigenvalue weighted by Gasteiger charge is 2.08. The smallest absolute Gasteiger partial charge is 0.252 e. The predicted octanol–water partition coefficient (Wildman–Crippen LogP) is 1.49. The lowest BCUT2D eigenvalue weighted by Crippen LogP contribution is -2.17. The molecule has 120 valence electrons. The van der Waals surface area contributed by atoms with Gasteiger partial charge in [-0.1, -0.05) is 11.2 Å². The molecule has 2 aromatic heterocycles. The first-order chi connectivity index (χ1) is 11.2. The van der Waals surface area contributed by atoms with Gasteiger partial charge in [-0.05, 0) is 12.1 Å². The van der Waals surface area contributed by atoms with E-state index in [2.05, 4.69) is 20.4 Å². The minimum Gasteiger partial charge on any atom is -0.375 e. The number of nitrogens with zero attached hydrogens (tertiary/aromatic N) is 2. The fraction of sp³-hybridized carbons (Fsp3) is 0.267. The fourth-order valence-electron chi connectivity index (χ4n) is 2.24. The number of halogens is 1. The Hall–Kier alpha value is -2.58. The second-order valence-corrected chi connectivity index (χ2v) is 4.96. The standard InChI is InChI=1S/C15H15FN4O3/c1-22-8-14-19-13(20-23-14)7-17-6-9-5-12(21)10-3-2-4-11(16)15(10)18-9/h2-5,17H,6-8H2,1H3,(H,18,21). The Labute approximate surface area is 130 Å². The first-order valence-electron chi connectivity index (χ1n) is 6.99.